The van der Waals surface area contributed by atoms with Crippen molar-refractivity contribution in [2.75, 3.05) is 19.5 Å². The number of nitrogens with zero attached hydrogens (tertiary/aromatic N) is 2. The van der Waals surface area contributed by atoms with Crippen LogP contribution in [0, 0.1) is 0 Å². The molecular formula is C25H22ClN3O4S. The van der Waals surface area contributed by atoms with Crippen LogP contribution >= 0.6 is 23.4 Å². The predicted octanol–water partition coefficient (Wildman–Crippen LogP) is 5.18. The van der Waals surface area contributed by atoms with Crippen LogP contribution in [0.1, 0.15) is 6.92 Å². The Balaban J connectivity index is 1.69. The van der Waals surface area contributed by atoms with E-state index in [1.165, 1.54) is 23.4 Å². The Bertz CT molecular complexity index is 1420. The summed E-state index contributed by atoms with van der Waals surface area (Å²) in [7, 11) is 3.09. The summed E-state index contributed by atoms with van der Waals surface area (Å²) in [6.07, 6.45) is 0. The molecular weight excluding hydrogens is 474 g/mol. The molecule has 4 aromatic rings. The lowest BCUT2D eigenvalue weighted by Gasteiger charge is -2.17. The van der Waals surface area contributed by atoms with Gasteiger partial charge in [0, 0.05) is 11.8 Å². The third kappa shape index (κ3) is 4.88. The molecule has 1 aromatic heterocycles. The normalized spacial score (nSPS) is 11.8. The van der Waals surface area contributed by atoms with Crippen molar-refractivity contribution in [2.45, 2.75) is 17.3 Å². The first-order valence-corrected chi connectivity index (χ1v) is 11.6. The highest BCUT2D eigenvalue weighted by molar-refractivity contribution is 8.00. The molecule has 174 valence electrons. The summed E-state index contributed by atoms with van der Waals surface area (Å²) in [6.45, 7) is 1.75. The van der Waals surface area contributed by atoms with Crippen molar-refractivity contribution in [1.29, 1.82) is 0 Å². The van der Waals surface area contributed by atoms with Gasteiger partial charge >= 0.3 is 0 Å². The van der Waals surface area contributed by atoms with Gasteiger partial charge in [-0.15, -0.1) is 0 Å². The number of aromatic nitrogens is 2. The highest BCUT2D eigenvalue weighted by Crippen LogP contribution is 2.29. The first kappa shape index (κ1) is 23.7. The van der Waals surface area contributed by atoms with E-state index in [1.807, 2.05) is 6.07 Å². The number of hydrogen-bond acceptors (Lipinski definition) is 6. The van der Waals surface area contributed by atoms with Crippen molar-refractivity contribution >= 4 is 45.9 Å². The molecule has 1 unspecified atom stereocenters. The van der Waals surface area contributed by atoms with Gasteiger partial charge in [-0.1, -0.05) is 41.6 Å². The van der Waals surface area contributed by atoms with Crippen LogP contribution < -0.4 is 20.3 Å². The van der Waals surface area contributed by atoms with E-state index in [2.05, 4.69) is 5.32 Å². The zero-order chi connectivity index (χ0) is 24.2. The molecule has 0 spiro atoms. The Hall–Kier alpha value is -3.49. The molecule has 0 radical (unpaired) electrons. The summed E-state index contributed by atoms with van der Waals surface area (Å²) in [6, 6.07) is 19.3. The minimum Gasteiger partial charge on any atom is -0.497 e. The van der Waals surface area contributed by atoms with Crippen LogP contribution in [0.4, 0.5) is 5.69 Å². The smallest absolute Gasteiger partial charge is 0.266 e. The van der Waals surface area contributed by atoms with Crippen LogP contribution in [0.5, 0.6) is 11.5 Å². The van der Waals surface area contributed by atoms with E-state index in [0.717, 1.165) is 0 Å². The minimum absolute atomic E-state index is 0.226. The van der Waals surface area contributed by atoms with Gasteiger partial charge in [0.2, 0.25) is 5.91 Å². The number of ether oxygens (including phenoxy) is 2. The predicted molar refractivity (Wildman–Crippen MR) is 136 cm³/mol. The molecule has 1 heterocycles. The fourth-order valence-electron chi connectivity index (χ4n) is 3.37. The first-order valence-electron chi connectivity index (χ1n) is 10.4. The molecule has 7 nitrogen and oxygen atoms in total. The molecule has 1 atom stereocenters. The molecule has 0 saturated heterocycles. The van der Waals surface area contributed by atoms with E-state index in [9.17, 15) is 9.59 Å². The van der Waals surface area contributed by atoms with Gasteiger partial charge in [0.05, 0.1) is 41.1 Å². The van der Waals surface area contributed by atoms with E-state index in [0.29, 0.717) is 44.0 Å². The quantitative estimate of drug-likeness (QED) is 0.281. The van der Waals surface area contributed by atoms with Crippen molar-refractivity contribution in [3.05, 3.63) is 82.1 Å². The fourth-order valence-corrected chi connectivity index (χ4v) is 4.55. The number of carbonyl (C=O) groups is 1. The Morgan fingerprint density at radius 1 is 1.06 bits per heavy atom. The number of halogens is 1. The lowest BCUT2D eigenvalue weighted by Crippen LogP contribution is -2.26. The molecule has 34 heavy (non-hydrogen) atoms. The second-order valence-corrected chi connectivity index (χ2v) is 9.07. The lowest BCUT2D eigenvalue weighted by atomic mass is 10.2. The van der Waals surface area contributed by atoms with Crippen LogP contribution in [-0.2, 0) is 4.79 Å². The molecule has 3 aromatic carbocycles. The molecule has 4 rings (SSSR count). The number of amides is 1. The van der Waals surface area contributed by atoms with E-state index < -0.39 is 5.25 Å². The molecule has 0 fully saturated rings. The van der Waals surface area contributed by atoms with Gasteiger partial charge in [0.1, 0.15) is 11.5 Å². The Kier molecular flexibility index (Phi) is 7.09. The summed E-state index contributed by atoms with van der Waals surface area (Å²) in [5, 5.41) is 3.56. The number of anilines is 1. The molecule has 0 aliphatic rings. The molecule has 1 amide bonds. The second-order valence-electron chi connectivity index (χ2n) is 7.35. The van der Waals surface area contributed by atoms with Gasteiger partial charge < -0.3 is 14.8 Å². The van der Waals surface area contributed by atoms with Gasteiger partial charge in [-0.05, 0) is 49.4 Å². The van der Waals surface area contributed by atoms with Crippen LogP contribution in [0.3, 0.4) is 0 Å². The monoisotopic (exact) mass is 495 g/mol. The van der Waals surface area contributed by atoms with Crippen molar-refractivity contribution in [3.63, 3.8) is 0 Å². The van der Waals surface area contributed by atoms with Crippen LogP contribution in [0.2, 0.25) is 5.02 Å². The number of carbonyl (C=O) groups excluding carboxylic acids is 1. The number of thioether (sulfide) groups is 1. The third-order valence-electron chi connectivity index (χ3n) is 5.13. The van der Waals surface area contributed by atoms with Gasteiger partial charge in [-0.2, -0.15) is 0 Å². The van der Waals surface area contributed by atoms with Crippen molar-refractivity contribution in [2.24, 2.45) is 0 Å². The third-order valence-corrected chi connectivity index (χ3v) is 6.47. The number of fused-ring (bicyclic) bond motifs is 1. The second kappa shape index (κ2) is 10.2. The van der Waals surface area contributed by atoms with Gasteiger partial charge in [0.15, 0.2) is 5.16 Å². The lowest BCUT2D eigenvalue weighted by molar-refractivity contribution is -0.115. The Labute approximate surface area is 205 Å². The fraction of sp³-hybridized carbons (Fsp3) is 0.160. The number of rotatable bonds is 7. The van der Waals surface area contributed by atoms with Crippen LogP contribution in [0.15, 0.2) is 76.7 Å². The topological polar surface area (TPSA) is 82.4 Å². The standard InChI is InChI=1S/C25H22ClN3O4S/c1-15(23(30)27-16-11-12-22(33-3)20(26)13-16)34-25-28-21-10-5-4-9-19(21)24(31)29(25)17-7-6-8-18(14-17)32-2/h4-15H,1-3H3,(H,27,30). The van der Waals surface area contributed by atoms with Crippen molar-refractivity contribution in [1.82, 2.24) is 9.55 Å². The van der Waals surface area contributed by atoms with E-state index in [-0.39, 0.29) is 11.5 Å². The van der Waals surface area contributed by atoms with Crippen molar-refractivity contribution < 1.29 is 14.3 Å². The summed E-state index contributed by atoms with van der Waals surface area (Å²) in [4.78, 5) is 31.1. The van der Waals surface area contributed by atoms with Crippen LogP contribution in [-0.4, -0.2) is 34.9 Å². The maximum absolute atomic E-state index is 13.4. The largest absolute Gasteiger partial charge is 0.497 e. The molecule has 9 heteroatoms. The highest BCUT2D eigenvalue weighted by Gasteiger charge is 2.21. The molecule has 0 aliphatic carbocycles. The number of hydrogen-bond donors (Lipinski definition) is 1. The van der Waals surface area contributed by atoms with Crippen molar-refractivity contribution in [3.8, 4) is 17.2 Å². The first-order chi connectivity index (χ1) is 16.4. The van der Waals surface area contributed by atoms with E-state index in [1.54, 1.807) is 74.7 Å². The average Bonchev–Trinajstić information content (AvgIpc) is 2.84. The number of benzene rings is 3. The summed E-state index contributed by atoms with van der Waals surface area (Å²) >= 11 is 7.36. The maximum Gasteiger partial charge on any atom is 0.266 e. The zero-order valence-electron chi connectivity index (χ0n) is 18.7. The molecule has 1 N–H and O–H groups in total. The number of methoxy groups -OCH3 is 2. The summed E-state index contributed by atoms with van der Waals surface area (Å²) in [5.74, 6) is 0.867. The van der Waals surface area contributed by atoms with E-state index in [4.69, 9.17) is 26.1 Å². The Morgan fingerprint density at radius 3 is 2.59 bits per heavy atom. The molecule has 0 bridgehead atoms. The average molecular weight is 496 g/mol. The maximum atomic E-state index is 13.4. The van der Waals surface area contributed by atoms with Gasteiger partial charge in [-0.25, -0.2) is 4.98 Å². The summed E-state index contributed by atoms with van der Waals surface area (Å²) < 4.78 is 12.0. The zero-order valence-corrected chi connectivity index (χ0v) is 20.3. The van der Waals surface area contributed by atoms with E-state index >= 15 is 0 Å². The van der Waals surface area contributed by atoms with Gasteiger partial charge in [-0.3, -0.25) is 14.2 Å². The highest BCUT2D eigenvalue weighted by atomic mass is 35.5. The number of para-hydroxylation sites is 1. The number of nitrogens with one attached hydrogen (secondary N) is 1. The molecule has 0 saturated carbocycles. The SMILES string of the molecule is COc1cccc(-n2c(SC(C)C(=O)Nc3ccc(OC)c(Cl)c3)nc3ccccc3c2=O)c1. The van der Waals surface area contributed by atoms with Gasteiger partial charge in [0.25, 0.3) is 5.56 Å². The summed E-state index contributed by atoms with van der Waals surface area (Å²) in [5.41, 5.74) is 1.47. The molecule has 0 aliphatic heterocycles. The minimum atomic E-state index is -0.564. The van der Waals surface area contributed by atoms with Crippen LogP contribution in [0.25, 0.3) is 16.6 Å². The Morgan fingerprint density at radius 2 is 1.85 bits per heavy atom.